The first kappa shape index (κ1) is 22.2. The third kappa shape index (κ3) is 3.42. The van der Waals surface area contributed by atoms with E-state index in [0.717, 1.165) is 53.6 Å². The van der Waals surface area contributed by atoms with Crippen molar-refractivity contribution in [2.24, 2.45) is 0 Å². The smallest absolute Gasteiger partial charge is 0.240 e. The molecule has 0 radical (unpaired) electrons. The molecule has 0 spiro atoms. The molecule has 8 rings (SSSR count). The number of aromatic nitrogens is 5. The number of nitrogens with zero attached hydrogens (tertiary/aromatic N) is 5. The molecule has 0 aliphatic carbocycles. The molecular weight excluding hydrogens is 546 g/mol. The second kappa shape index (κ2) is 8.61. The molecule has 5 nitrogen and oxygen atoms in total. The zero-order valence-electron chi connectivity index (χ0n) is 20.7. The largest absolute Gasteiger partial charge is 0.278 e. The summed E-state index contributed by atoms with van der Waals surface area (Å²) in [6.45, 7) is 0. The van der Waals surface area contributed by atoms with E-state index in [1.54, 1.807) is 0 Å². The maximum absolute atomic E-state index is 5.16. The molecule has 0 unspecified atom stereocenters. The van der Waals surface area contributed by atoms with Gasteiger partial charge in [0.1, 0.15) is 0 Å². The van der Waals surface area contributed by atoms with Crippen molar-refractivity contribution in [1.82, 2.24) is 24.1 Å². The van der Waals surface area contributed by atoms with Crippen molar-refractivity contribution in [2.45, 2.75) is 0 Å². The summed E-state index contributed by atoms with van der Waals surface area (Å²) in [5.41, 5.74) is 5.14. The molecule has 0 N–H and O–H groups in total. The Morgan fingerprint density at radius 3 is 1.15 bits per heavy atom. The number of benzene rings is 5. The molecule has 0 fully saturated rings. The van der Waals surface area contributed by atoms with Gasteiger partial charge in [0.2, 0.25) is 11.9 Å². The van der Waals surface area contributed by atoms with Gasteiger partial charge in [-0.2, -0.15) is 15.0 Å². The molecule has 0 aliphatic heterocycles. The lowest BCUT2D eigenvalue weighted by Gasteiger charge is -2.12. The standard InChI is InChI=1S/C33H20BrN5/c34-22-19-17-21(18-20-22)31-35-32(38-27-13-5-1-9-23(27)24-10-2-6-14-28(24)38)37-33(36-31)39-29-15-7-3-11-25(29)26-12-4-8-16-30(26)39/h1-20H. The monoisotopic (exact) mass is 565 g/mol. The van der Waals surface area contributed by atoms with Gasteiger partial charge < -0.3 is 0 Å². The van der Waals surface area contributed by atoms with Crippen LogP contribution in [0.5, 0.6) is 0 Å². The van der Waals surface area contributed by atoms with E-state index in [1.807, 2.05) is 24.3 Å². The van der Waals surface area contributed by atoms with Crippen LogP contribution in [-0.2, 0) is 0 Å². The van der Waals surface area contributed by atoms with E-state index in [4.69, 9.17) is 15.0 Å². The Morgan fingerprint density at radius 1 is 0.410 bits per heavy atom. The third-order valence-corrected chi connectivity index (χ3v) is 7.80. The fraction of sp³-hybridized carbons (Fsp3) is 0. The minimum atomic E-state index is 0.581. The van der Waals surface area contributed by atoms with Crippen LogP contribution in [0, 0.1) is 0 Å². The van der Waals surface area contributed by atoms with E-state index in [1.165, 1.54) is 0 Å². The van der Waals surface area contributed by atoms with Gasteiger partial charge in [-0.25, -0.2) is 0 Å². The second-order valence-corrected chi connectivity index (χ2v) is 10.4. The summed E-state index contributed by atoms with van der Waals surface area (Å²) in [5.74, 6) is 1.78. The molecule has 0 atom stereocenters. The zero-order valence-corrected chi connectivity index (χ0v) is 22.2. The normalized spacial score (nSPS) is 11.7. The molecule has 0 saturated carbocycles. The summed E-state index contributed by atoms with van der Waals surface area (Å²) in [4.78, 5) is 15.3. The van der Waals surface area contributed by atoms with E-state index in [9.17, 15) is 0 Å². The molecule has 0 bridgehead atoms. The lowest BCUT2D eigenvalue weighted by Crippen LogP contribution is -2.10. The highest BCUT2D eigenvalue weighted by Gasteiger charge is 2.20. The van der Waals surface area contributed by atoms with E-state index < -0.39 is 0 Å². The van der Waals surface area contributed by atoms with Crippen molar-refractivity contribution in [2.75, 3.05) is 0 Å². The summed E-state index contributed by atoms with van der Waals surface area (Å²) < 4.78 is 5.29. The van der Waals surface area contributed by atoms with Gasteiger partial charge in [0, 0.05) is 31.6 Å². The summed E-state index contributed by atoms with van der Waals surface area (Å²) in [7, 11) is 0. The number of hydrogen-bond acceptors (Lipinski definition) is 3. The summed E-state index contributed by atoms with van der Waals surface area (Å²) in [5, 5.41) is 4.66. The zero-order chi connectivity index (χ0) is 25.9. The van der Waals surface area contributed by atoms with Crippen LogP contribution in [0.2, 0.25) is 0 Å². The Balaban J connectivity index is 1.50. The molecule has 6 heteroatoms. The van der Waals surface area contributed by atoms with Gasteiger partial charge in [-0.3, -0.25) is 9.13 Å². The minimum Gasteiger partial charge on any atom is -0.278 e. The fourth-order valence-corrected chi connectivity index (χ4v) is 5.82. The average Bonchev–Trinajstić information content (AvgIpc) is 3.51. The summed E-state index contributed by atoms with van der Waals surface area (Å²) in [6, 6.07) is 41.7. The van der Waals surface area contributed by atoms with E-state index >= 15 is 0 Å². The predicted octanol–water partition coefficient (Wildman–Crippen LogP) is 8.50. The number of para-hydroxylation sites is 4. The number of hydrogen-bond donors (Lipinski definition) is 0. The Morgan fingerprint density at radius 2 is 0.769 bits per heavy atom. The van der Waals surface area contributed by atoms with Crippen LogP contribution in [0.25, 0.3) is 66.9 Å². The molecule has 5 aromatic carbocycles. The topological polar surface area (TPSA) is 48.5 Å². The van der Waals surface area contributed by atoms with Crippen molar-refractivity contribution in [3.05, 3.63) is 126 Å². The molecule has 8 aromatic rings. The van der Waals surface area contributed by atoms with E-state index in [0.29, 0.717) is 17.7 Å². The molecule has 3 aromatic heterocycles. The van der Waals surface area contributed by atoms with Crippen molar-refractivity contribution < 1.29 is 0 Å². The Kier molecular flexibility index (Phi) is 4.90. The third-order valence-electron chi connectivity index (χ3n) is 7.27. The maximum Gasteiger partial charge on any atom is 0.240 e. The fourth-order valence-electron chi connectivity index (χ4n) is 5.56. The van der Waals surface area contributed by atoms with E-state index in [-0.39, 0.29) is 0 Å². The highest BCUT2D eigenvalue weighted by molar-refractivity contribution is 9.10. The Bertz CT molecular complexity index is 1950. The van der Waals surface area contributed by atoms with Gasteiger partial charge in [-0.15, -0.1) is 0 Å². The van der Waals surface area contributed by atoms with Gasteiger partial charge >= 0.3 is 0 Å². The van der Waals surface area contributed by atoms with Gasteiger partial charge in [-0.1, -0.05) is 101 Å². The van der Waals surface area contributed by atoms with Crippen LogP contribution in [0.15, 0.2) is 126 Å². The Hall–Kier alpha value is -4.81. The molecule has 0 amide bonds. The SMILES string of the molecule is Brc1ccc(-c2nc(-n3c4ccccc4c4ccccc43)nc(-n3c4ccccc4c4ccccc43)n2)cc1. The predicted molar refractivity (Wildman–Crippen MR) is 162 cm³/mol. The van der Waals surface area contributed by atoms with Crippen molar-refractivity contribution >= 4 is 59.5 Å². The second-order valence-electron chi connectivity index (χ2n) is 9.51. The van der Waals surface area contributed by atoms with E-state index in [2.05, 4.69) is 122 Å². The van der Waals surface area contributed by atoms with Crippen molar-refractivity contribution in [3.8, 4) is 23.3 Å². The molecule has 0 saturated heterocycles. The van der Waals surface area contributed by atoms with Crippen LogP contribution < -0.4 is 0 Å². The molecule has 184 valence electrons. The van der Waals surface area contributed by atoms with Crippen LogP contribution in [-0.4, -0.2) is 24.1 Å². The molecule has 39 heavy (non-hydrogen) atoms. The number of halogens is 1. The van der Waals surface area contributed by atoms with Crippen LogP contribution in [0.4, 0.5) is 0 Å². The average molecular weight is 566 g/mol. The van der Waals surface area contributed by atoms with Gasteiger partial charge in [0.25, 0.3) is 0 Å². The highest BCUT2D eigenvalue weighted by Crippen LogP contribution is 2.34. The van der Waals surface area contributed by atoms with Crippen LogP contribution in [0.1, 0.15) is 0 Å². The molecular formula is C33H20BrN5. The van der Waals surface area contributed by atoms with Crippen LogP contribution >= 0.6 is 15.9 Å². The molecule has 0 aliphatic rings. The van der Waals surface area contributed by atoms with Crippen LogP contribution in [0.3, 0.4) is 0 Å². The molecule has 3 heterocycles. The minimum absolute atomic E-state index is 0.581. The van der Waals surface area contributed by atoms with Gasteiger partial charge in [-0.05, 0) is 36.4 Å². The summed E-state index contributed by atoms with van der Waals surface area (Å²) in [6.07, 6.45) is 0. The number of fused-ring (bicyclic) bond motifs is 6. The van der Waals surface area contributed by atoms with Crippen molar-refractivity contribution in [3.63, 3.8) is 0 Å². The number of rotatable bonds is 3. The van der Waals surface area contributed by atoms with Crippen molar-refractivity contribution in [1.29, 1.82) is 0 Å². The first-order valence-electron chi connectivity index (χ1n) is 12.8. The lowest BCUT2D eigenvalue weighted by atomic mass is 10.2. The highest BCUT2D eigenvalue weighted by atomic mass is 79.9. The lowest BCUT2D eigenvalue weighted by molar-refractivity contribution is 0.893. The van der Waals surface area contributed by atoms with Gasteiger partial charge in [0.05, 0.1) is 22.1 Å². The maximum atomic E-state index is 5.16. The summed E-state index contributed by atoms with van der Waals surface area (Å²) >= 11 is 3.56. The first-order valence-corrected chi connectivity index (χ1v) is 13.5. The Labute approximate surface area is 232 Å². The quantitative estimate of drug-likeness (QED) is 0.216. The van der Waals surface area contributed by atoms with Gasteiger partial charge in [0.15, 0.2) is 5.82 Å². The first-order chi connectivity index (χ1) is 19.3.